The third-order valence-electron chi connectivity index (χ3n) is 14.1. The van der Waals surface area contributed by atoms with Gasteiger partial charge in [-0.1, -0.05) is 133 Å². The predicted octanol–water partition coefficient (Wildman–Crippen LogP) is 13.4. The molecule has 3 aliphatic rings. The fraction of sp³-hybridized carbons (Fsp3) is 0.444. The minimum Gasteiger partial charge on any atom is -0.420 e. The molecule has 0 fully saturated rings. The Hall–Kier alpha value is -4.90. The Morgan fingerprint density at radius 2 is 1.46 bits per heavy atom. The van der Waals surface area contributed by atoms with Gasteiger partial charge in [0.2, 0.25) is 11.8 Å². The van der Waals surface area contributed by atoms with Crippen LogP contribution in [-0.2, 0) is 13.1 Å². The van der Waals surface area contributed by atoms with Crippen LogP contribution in [0.4, 0.5) is 0 Å². The smallest absolute Gasteiger partial charge is 0.243 e. The van der Waals surface area contributed by atoms with E-state index in [4.69, 9.17) is 4.42 Å². The second kappa shape index (κ2) is 17.8. The van der Waals surface area contributed by atoms with Crippen molar-refractivity contribution in [2.75, 3.05) is 0 Å². The molecule has 0 saturated heterocycles. The number of aromatic nitrogens is 4. The number of allylic oxidation sites excluding steroid dienone is 6. The highest BCUT2D eigenvalue weighted by molar-refractivity contribution is 6.09. The number of hydrogen-bond donors (Lipinski definition) is 0. The molecule has 59 heavy (non-hydrogen) atoms. The quantitative estimate of drug-likeness (QED) is 0.0982. The molecule has 6 aromatic rings. The summed E-state index contributed by atoms with van der Waals surface area (Å²) >= 11 is 0. The molecular weight excluding hydrogens is 721 g/mol. The number of para-hydroxylation sites is 1. The van der Waals surface area contributed by atoms with Gasteiger partial charge in [0.05, 0.1) is 5.92 Å². The maximum absolute atomic E-state index is 6.42. The Morgan fingerprint density at radius 1 is 0.712 bits per heavy atom. The van der Waals surface area contributed by atoms with E-state index in [2.05, 4.69) is 144 Å². The van der Waals surface area contributed by atoms with E-state index in [1.54, 1.807) is 0 Å². The SMILES string of the molecule is CCCCC(CC)Cn1c2c(c3cc(C4CC=C(c5nnc(C6C=CC(c7ccc8c(c7)c7ccccc7n8CC(CC)CCCC)=CC6)o5)CC4)ccc31)=CCCC=2. The third-order valence-corrected chi connectivity index (χ3v) is 14.1. The van der Waals surface area contributed by atoms with E-state index in [0.29, 0.717) is 17.7 Å². The largest absolute Gasteiger partial charge is 0.420 e. The fourth-order valence-electron chi connectivity index (χ4n) is 10.4. The summed E-state index contributed by atoms with van der Waals surface area (Å²) in [7, 11) is 0. The highest BCUT2D eigenvalue weighted by atomic mass is 16.4. The molecule has 4 unspecified atom stereocenters. The average molecular weight is 785 g/mol. The lowest BCUT2D eigenvalue weighted by Gasteiger charge is -2.21. The lowest BCUT2D eigenvalue weighted by Crippen LogP contribution is -2.32. The minimum absolute atomic E-state index is 0.0925. The van der Waals surface area contributed by atoms with E-state index in [0.717, 1.165) is 63.4 Å². The molecule has 0 spiro atoms. The van der Waals surface area contributed by atoms with Gasteiger partial charge in [0.1, 0.15) is 0 Å². The van der Waals surface area contributed by atoms with Crippen molar-refractivity contribution in [2.45, 2.75) is 143 Å². The summed E-state index contributed by atoms with van der Waals surface area (Å²) < 4.78 is 11.6. The predicted molar refractivity (Wildman–Crippen MR) is 249 cm³/mol. The molecule has 3 aromatic heterocycles. The number of fused-ring (bicyclic) bond motifs is 6. The summed E-state index contributed by atoms with van der Waals surface area (Å²) in [6.07, 6.45) is 30.6. The van der Waals surface area contributed by atoms with Crippen LogP contribution in [0.15, 0.2) is 89.4 Å². The number of nitrogens with zero attached hydrogens (tertiary/aromatic N) is 4. The van der Waals surface area contributed by atoms with E-state index >= 15 is 0 Å². The molecule has 0 radical (unpaired) electrons. The van der Waals surface area contributed by atoms with Crippen LogP contribution in [0.25, 0.3) is 56.0 Å². The summed E-state index contributed by atoms with van der Waals surface area (Å²) in [6, 6.07) is 23.4. The van der Waals surface area contributed by atoms with E-state index in [9.17, 15) is 0 Å². The number of unbranched alkanes of at least 4 members (excludes halogenated alkanes) is 2. The highest BCUT2D eigenvalue weighted by Crippen LogP contribution is 2.39. The normalized spacial score (nSPS) is 19.1. The van der Waals surface area contributed by atoms with Crippen molar-refractivity contribution in [2.24, 2.45) is 11.8 Å². The van der Waals surface area contributed by atoms with Crippen molar-refractivity contribution in [3.8, 4) is 0 Å². The van der Waals surface area contributed by atoms with Crippen molar-refractivity contribution < 1.29 is 4.42 Å². The Kier molecular flexibility index (Phi) is 11.9. The molecule has 0 amide bonds. The molecule has 5 nitrogen and oxygen atoms in total. The van der Waals surface area contributed by atoms with Crippen LogP contribution in [-0.4, -0.2) is 19.3 Å². The standard InChI is InChI=1S/C54H64N4O/c1-5-9-15-37(7-3)35-57-49-19-13-11-17-45(49)47-33-43(29-31-51(47)57)39-21-25-41(26-22-39)53-55-56-54(59-53)42-27-23-40(24-28-42)44-30-32-52-48(34-44)46-18-12-14-20-50(46)58(52)36-38(8-4)16-10-6-2/h11,13,17-22,25,27,29-34,37-38,40-41H,5-10,12,14-16,23-24,26,28,35-36H2,1-4H3. The van der Waals surface area contributed by atoms with Gasteiger partial charge < -0.3 is 13.6 Å². The van der Waals surface area contributed by atoms with Crippen LogP contribution >= 0.6 is 0 Å². The monoisotopic (exact) mass is 785 g/mol. The van der Waals surface area contributed by atoms with Gasteiger partial charge in [-0.3, -0.25) is 0 Å². The Labute approximate surface area is 351 Å². The van der Waals surface area contributed by atoms with Gasteiger partial charge in [0, 0.05) is 61.9 Å². The van der Waals surface area contributed by atoms with Gasteiger partial charge in [0.15, 0.2) is 0 Å². The molecule has 9 rings (SSSR count). The maximum atomic E-state index is 6.42. The summed E-state index contributed by atoms with van der Waals surface area (Å²) in [5.74, 6) is 3.45. The zero-order valence-corrected chi connectivity index (χ0v) is 36.1. The highest BCUT2D eigenvalue weighted by Gasteiger charge is 2.25. The van der Waals surface area contributed by atoms with Gasteiger partial charge >= 0.3 is 0 Å². The van der Waals surface area contributed by atoms with Crippen LogP contribution in [0.5, 0.6) is 0 Å². The molecule has 5 heteroatoms. The summed E-state index contributed by atoms with van der Waals surface area (Å²) in [5.41, 5.74) is 9.29. The van der Waals surface area contributed by atoms with Crippen molar-refractivity contribution in [3.63, 3.8) is 0 Å². The molecule has 0 bridgehead atoms. The Morgan fingerprint density at radius 3 is 2.20 bits per heavy atom. The summed E-state index contributed by atoms with van der Waals surface area (Å²) in [4.78, 5) is 0. The van der Waals surface area contributed by atoms with E-state index in [-0.39, 0.29) is 5.92 Å². The van der Waals surface area contributed by atoms with Gasteiger partial charge in [-0.05, 0) is 116 Å². The van der Waals surface area contributed by atoms with Crippen molar-refractivity contribution in [3.05, 3.63) is 118 Å². The van der Waals surface area contributed by atoms with Gasteiger partial charge in [-0.25, -0.2) is 0 Å². The molecule has 3 heterocycles. The van der Waals surface area contributed by atoms with Crippen molar-refractivity contribution >= 4 is 56.0 Å². The Balaban J connectivity index is 0.879. The van der Waals surface area contributed by atoms with Crippen molar-refractivity contribution in [1.29, 1.82) is 0 Å². The topological polar surface area (TPSA) is 48.8 Å². The van der Waals surface area contributed by atoms with Gasteiger partial charge in [-0.15, -0.1) is 10.2 Å². The number of hydrogen-bond acceptors (Lipinski definition) is 3. The summed E-state index contributed by atoms with van der Waals surface area (Å²) in [6.45, 7) is 11.5. The maximum Gasteiger partial charge on any atom is 0.243 e. The lowest BCUT2D eigenvalue weighted by atomic mass is 9.84. The minimum atomic E-state index is 0.0925. The molecule has 0 aliphatic heterocycles. The first-order chi connectivity index (χ1) is 29.1. The van der Waals surface area contributed by atoms with Crippen LogP contribution in [0, 0.1) is 11.8 Å². The van der Waals surface area contributed by atoms with Gasteiger partial charge in [0.25, 0.3) is 0 Å². The molecule has 0 N–H and O–H groups in total. The van der Waals surface area contributed by atoms with Crippen LogP contribution in [0.2, 0.25) is 0 Å². The molecule has 0 saturated carbocycles. The summed E-state index contributed by atoms with van der Waals surface area (Å²) in [5, 5.41) is 16.2. The second-order valence-electron chi connectivity index (χ2n) is 17.9. The van der Waals surface area contributed by atoms with Crippen LogP contribution in [0.1, 0.15) is 152 Å². The fourth-order valence-corrected chi connectivity index (χ4v) is 10.4. The zero-order chi connectivity index (χ0) is 40.3. The zero-order valence-electron chi connectivity index (χ0n) is 36.1. The number of benzene rings is 3. The van der Waals surface area contributed by atoms with Gasteiger partial charge in [-0.2, -0.15) is 0 Å². The van der Waals surface area contributed by atoms with Crippen LogP contribution < -0.4 is 10.6 Å². The lowest BCUT2D eigenvalue weighted by molar-refractivity contribution is 0.392. The molecule has 306 valence electrons. The first-order valence-corrected chi connectivity index (χ1v) is 23.3. The average Bonchev–Trinajstić information content (AvgIpc) is 4.00. The van der Waals surface area contributed by atoms with E-state index in [1.165, 1.54) is 117 Å². The first kappa shape index (κ1) is 39.6. The molecule has 3 aromatic carbocycles. The second-order valence-corrected chi connectivity index (χ2v) is 17.9. The Bertz CT molecular complexity index is 2660. The molecular formula is C54H64N4O. The van der Waals surface area contributed by atoms with E-state index in [1.807, 2.05) is 0 Å². The van der Waals surface area contributed by atoms with Crippen molar-refractivity contribution in [1.82, 2.24) is 19.3 Å². The first-order valence-electron chi connectivity index (χ1n) is 23.3. The van der Waals surface area contributed by atoms with Crippen LogP contribution in [0.3, 0.4) is 0 Å². The molecule has 3 aliphatic carbocycles. The van der Waals surface area contributed by atoms with E-state index < -0.39 is 0 Å². The third kappa shape index (κ3) is 7.95. The number of rotatable bonds is 16. The molecule has 4 atom stereocenters.